The number of aromatic amines is 1. The number of esters is 1. The maximum atomic E-state index is 13.4. The van der Waals surface area contributed by atoms with Gasteiger partial charge in [0.2, 0.25) is 5.91 Å². The van der Waals surface area contributed by atoms with Crippen LogP contribution < -0.4 is 10.6 Å². The summed E-state index contributed by atoms with van der Waals surface area (Å²) in [4.78, 5) is 42.2. The molecule has 0 aliphatic rings. The summed E-state index contributed by atoms with van der Waals surface area (Å²) in [6.07, 6.45) is 1.75. The molecule has 198 valence electrons. The van der Waals surface area contributed by atoms with E-state index in [2.05, 4.69) is 15.6 Å². The second-order valence-corrected chi connectivity index (χ2v) is 10.5. The minimum absolute atomic E-state index is 0.0888. The molecule has 37 heavy (non-hydrogen) atoms. The van der Waals surface area contributed by atoms with E-state index in [1.807, 2.05) is 74.6 Å². The molecule has 1 aromatic heterocycles. The maximum Gasteiger partial charge on any atom is 0.408 e. The Hall–Kier alpha value is -3.81. The molecule has 2 unspecified atom stereocenters. The number of amides is 2. The van der Waals surface area contributed by atoms with E-state index in [0.717, 1.165) is 22.0 Å². The van der Waals surface area contributed by atoms with Crippen molar-refractivity contribution in [2.75, 3.05) is 0 Å². The van der Waals surface area contributed by atoms with Crippen LogP contribution in [0.3, 0.4) is 0 Å². The van der Waals surface area contributed by atoms with Gasteiger partial charge in [-0.05, 0) is 50.3 Å². The highest BCUT2D eigenvalue weighted by Crippen LogP contribution is 2.20. The van der Waals surface area contributed by atoms with Crippen molar-refractivity contribution in [1.82, 2.24) is 15.6 Å². The Morgan fingerprint density at radius 1 is 0.919 bits per heavy atom. The summed E-state index contributed by atoms with van der Waals surface area (Å²) in [6.45, 7) is 9.26. The van der Waals surface area contributed by atoms with Crippen LogP contribution in [0, 0.1) is 5.92 Å². The Balaban J connectivity index is 1.79. The van der Waals surface area contributed by atoms with Crippen molar-refractivity contribution < 1.29 is 23.9 Å². The lowest BCUT2D eigenvalue weighted by Crippen LogP contribution is -2.53. The summed E-state index contributed by atoms with van der Waals surface area (Å²) < 4.78 is 10.9. The largest absolute Gasteiger partial charge is 0.459 e. The smallest absolute Gasteiger partial charge is 0.408 e. The van der Waals surface area contributed by atoms with Gasteiger partial charge in [-0.3, -0.25) is 4.79 Å². The average Bonchev–Trinajstić information content (AvgIpc) is 3.23. The predicted molar refractivity (Wildman–Crippen MR) is 143 cm³/mol. The van der Waals surface area contributed by atoms with Crippen molar-refractivity contribution in [3.63, 3.8) is 0 Å². The lowest BCUT2D eigenvalue weighted by Gasteiger charge is -2.26. The molecular weight excluding hydrogens is 470 g/mol. The highest BCUT2D eigenvalue weighted by molar-refractivity contribution is 5.90. The first-order chi connectivity index (χ1) is 17.5. The van der Waals surface area contributed by atoms with Gasteiger partial charge in [-0.15, -0.1) is 0 Å². The van der Waals surface area contributed by atoms with Crippen LogP contribution in [0.25, 0.3) is 10.9 Å². The molecule has 3 N–H and O–H groups in total. The van der Waals surface area contributed by atoms with E-state index in [-0.39, 0.29) is 18.9 Å². The van der Waals surface area contributed by atoms with Gasteiger partial charge in [-0.25, -0.2) is 9.59 Å². The third kappa shape index (κ3) is 8.66. The third-order valence-electron chi connectivity index (χ3n) is 5.64. The fraction of sp³-hybridized carbons (Fsp3) is 0.414. The van der Waals surface area contributed by atoms with Crippen LogP contribution in [0.1, 0.15) is 52.2 Å². The SMILES string of the molecule is CC(C)CC(NC(=O)OC(C)(C)C)C(=O)NC(Cc1c[nH]c2ccccc12)C(=O)OCc1ccccc1. The average molecular weight is 508 g/mol. The molecule has 0 fully saturated rings. The van der Waals surface area contributed by atoms with Crippen molar-refractivity contribution in [1.29, 1.82) is 0 Å². The molecule has 0 saturated heterocycles. The fourth-order valence-corrected chi connectivity index (χ4v) is 3.97. The molecule has 0 radical (unpaired) electrons. The normalized spacial score (nSPS) is 13.1. The Morgan fingerprint density at radius 2 is 1.59 bits per heavy atom. The number of rotatable bonds is 10. The van der Waals surface area contributed by atoms with Crippen LogP contribution in [0.15, 0.2) is 60.8 Å². The number of hydrogen-bond donors (Lipinski definition) is 3. The van der Waals surface area contributed by atoms with Crippen LogP contribution in [0.2, 0.25) is 0 Å². The number of H-pyrrole nitrogens is 1. The summed E-state index contributed by atoms with van der Waals surface area (Å²) in [7, 11) is 0. The van der Waals surface area contributed by atoms with Gasteiger partial charge >= 0.3 is 12.1 Å². The molecular formula is C29H37N3O5. The molecule has 1 heterocycles. The zero-order valence-corrected chi connectivity index (χ0v) is 22.2. The number of benzene rings is 2. The van der Waals surface area contributed by atoms with Crippen molar-refractivity contribution in [3.8, 4) is 0 Å². The van der Waals surface area contributed by atoms with E-state index >= 15 is 0 Å². The molecule has 2 amide bonds. The number of ether oxygens (including phenoxy) is 2. The van der Waals surface area contributed by atoms with Crippen LogP contribution in [-0.4, -0.2) is 40.6 Å². The van der Waals surface area contributed by atoms with Crippen molar-refractivity contribution in [2.24, 2.45) is 5.92 Å². The van der Waals surface area contributed by atoms with Gasteiger partial charge in [-0.1, -0.05) is 62.4 Å². The summed E-state index contributed by atoms with van der Waals surface area (Å²) in [5.74, 6) is -0.910. The van der Waals surface area contributed by atoms with Crippen LogP contribution >= 0.6 is 0 Å². The monoisotopic (exact) mass is 507 g/mol. The molecule has 0 bridgehead atoms. The predicted octanol–water partition coefficient (Wildman–Crippen LogP) is 4.88. The molecule has 2 atom stereocenters. The highest BCUT2D eigenvalue weighted by Gasteiger charge is 2.30. The van der Waals surface area contributed by atoms with E-state index in [0.29, 0.717) is 6.42 Å². The fourth-order valence-electron chi connectivity index (χ4n) is 3.97. The molecule has 3 rings (SSSR count). The number of hydrogen-bond acceptors (Lipinski definition) is 5. The second-order valence-electron chi connectivity index (χ2n) is 10.5. The summed E-state index contributed by atoms with van der Waals surface area (Å²) in [5.41, 5.74) is 1.95. The lowest BCUT2D eigenvalue weighted by atomic mass is 10.0. The molecule has 8 heteroatoms. The summed E-state index contributed by atoms with van der Waals surface area (Å²) in [6, 6.07) is 15.3. The maximum absolute atomic E-state index is 13.4. The van der Waals surface area contributed by atoms with Crippen LogP contribution in [-0.2, 0) is 32.1 Å². The van der Waals surface area contributed by atoms with E-state index in [1.165, 1.54) is 0 Å². The zero-order chi connectivity index (χ0) is 27.0. The standard InChI is InChI=1S/C29H37N3O5/c1-19(2)15-24(32-28(35)37-29(3,4)5)26(33)31-25(27(34)36-18-20-11-7-6-8-12-20)16-21-17-30-23-14-10-9-13-22(21)23/h6-14,17,19,24-25,30H,15-16,18H2,1-5H3,(H,31,33)(H,32,35). The zero-order valence-electron chi connectivity index (χ0n) is 22.2. The van der Waals surface area contributed by atoms with Gasteiger partial charge in [-0.2, -0.15) is 0 Å². The van der Waals surface area contributed by atoms with E-state index in [1.54, 1.807) is 20.8 Å². The number of fused-ring (bicyclic) bond motifs is 1. The Bertz CT molecular complexity index is 1200. The first-order valence-corrected chi connectivity index (χ1v) is 12.6. The number of alkyl carbamates (subject to hydrolysis) is 1. The van der Waals surface area contributed by atoms with Gasteiger partial charge < -0.3 is 25.1 Å². The van der Waals surface area contributed by atoms with Crippen molar-refractivity contribution in [3.05, 3.63) is 71.9 Å². The number of aromatic nitrogens is 1. The third-order valence-corrected chi connectivity index (χ3v) is 5.64. The molecule has 0 aliphatic carbocycles. The number of carbonyl (C=O) groups is 3. The Morgan fingerprint density at radius 3 is 2.27 bits per heavy atom. The van der Waals surface area contributed by atoms with Crippen molar-refractivity contribution in [2.45, 2.75) is 71.8 Å². The molecule has 0 aliphatic heterocycles. The van der Waals surface area contributed by atoms with Gasteiger partial charge in [0.05, 0.1) is 0 Å². The second kappa shape index (κ2) is 12.4. The van der Waals surface area contributed by atoms with E-state index in [9.17, 15) is 14.4 Å². The summed E-state index contributed by atoms with van der Waals surface area (Å²) >= 11 is 0. The quantitative estimate of drug-likeness (QED) is 0.339. The lowest BCUT2D eigenvalue weighted by molar-refractivity contribution is -0.149. The number of carbonyl (C=O) groups excluding carboxylic acids is 3. The molecule has 0 saturated carbocycles. The van der Waals surface area contributed by atoms with Crippen LogP contribution in [0.4, 0.5) is 4.79 Å². The molecule has 2 aromatic carbocycles. The van der Waals surface area contributed by atoms with E-state index in [4.69, 9.17) is 9.47 Å². The highest BCUT2D eigenvalue weighted by atomic mass is 16.6. The number of para-hydroxylation sites is 1. The Kier molecular flexibility index (Phi) is 9.33. The first-order valence-electron chi connectivity index (χ1n) is 12.6. The molecule has 8 nitrogen and oxygen atoms in total. The van der Waals surface area contributed by atoms with Gasteiger partial charge in [0.1, 0.15) is 24.3 Å². The topological polar surface area (TPSA) is 110 Å². The van der Waals surface area contributed by atoms with Gasteiger partial charge in [0, 0.05) is 23.5 Å². The molecule has 3 aromatic rings. The minimum Gasteiger partial charge on any atom is -0.459 e. The van der Waals surface area contributed by atoms with Gasteiger partial charge in [0.15, 0.2) is 0 Å². The van der Waals surface area contributed by atoms with Crippen LogP contribution in [0.5, 0.6) is 0 Å². The Labute approximate surface area is 218 Å². The van der Waals surface area contributed by atoms with E-state index < -0.39 is 35.7 Å². The minimum atomic E-state index is -0.953. The number of nitrogens with one attached hydrogen (secondary N) is 3. The van der Waals surface area contributed by atoms with Crippen molar-refractivity contribution >= 4 is 28.9 Å². The van der Waals surface area contributed by atoms with Gasteiger partial charge in [0.25, 0.3) is 0 Å². The first kappa shape index (κ1) is 27.8. The summed E-state index contributed by atoms with van der Waals surface area (Å²) in [5, 5.41) is 6.46. The molecule has 0 spiro atoms.